The van der Waals surface area contributed by atoms with Crippen molar-refractivity contribution in [2.24, 2.45) is 11.8 Å². The van der Waals surface area contributed by atoms with Crippen LogP contribution in [0.1, 0.15) is 90.4 Å². The first-order chi connectivity index (χ1) is 14.5. The largest absolute Gasteiger partial charge is 0.481 e. The molecule has 0 bridgehead atoms. The van der Waals surface area contributed by atoms with E-state index in [0.717, 1.165) is 32.1 Å². The molecule has 6 nitrogen and oxygen atoms in total. The monoisotopic (exact) mass is 426 g/mol. The number of rotatable bonds is 15. The molecule has 2 rings (SSSR count). The number of aliphatic hydroxyl groups excluding tert-OH is 2. The molecular weight excluding hydrogens is 384 g/mol. The van der Waals surface area contributed by atoms with Crippen molar-refractivity contribution >= 4 is 5.97 Å². The lowest BCUT2D eigenvalue weighted by molar-refractivity contribution is -0.171. The second-order valence-electron chi connectivity index (χ2n) is 9.00. The van der Waals surface area contributed by atoms with Gasteiger partial charge in [0.25, 0.3) is 0 Å². The number of carboxylic acids is 1. The third-order valence-electron chi connectivity index (χ3n) is 6.69. The Morgan fingerprint density at radius 2 is 1.67 bits per heavy atom. The molecule has 1 aliphatic carbocycles. The third-order valence-corrected chi connectivity index (χ3v) is 6.69. The maximum atomic E-state index is 10.6. The molecule has 0 amide bonds. The van der Waals surface area contributed by atoms with Gasteiger partial charge in [0, 0.05) is 19.3 Å². The molecule has 2 fully saturated rings. The molecule has 4 unspecified atom stereocenters. The van der Waals surface area contributed by atoms with Gasteiger partial charge >= 0.3 is 5.97 Å². The van der Waals surface area contributed by atoms with Crippen LogP contribution in [-0.2, 0) is 14.3 Å². The molecule has 1 saturated heterocycles. The van der Waals surface area contributed by atoms with Crippen LogP contribution >= 0.6 is 0 Å². The van der Waals surface area contributed by atoms with Crippen molar-refractivity contribution < 1.29 is 29.6 Å². The van der Waals surface area contributed by atoms with Crippen LogP contribution in [0.4, 0.5) is 0 Å². The van der Waals surface area contributed by atoms with Gasteiger partial charge in [0.2, 0.25) is 0 Å². The summed E-state index contributed by atoms with van der Waals surface area (Å²) in [5.41, 5.74) is 0. The molecule has 6 heteroatoms. The van der Waals surface area contributed by atoms with E-state index < -0.39 is 24.0 Å². The van der Waals surface area contributed by atoms with E-state index in [2.05, 4.69) is 6.92 Å². The first kappa shape index (κ1) is 25.3. The fourth-order valence-corrected chi connectivity index (χ4v) is 4.94. The van der Waals surface area contributed by atoms with Gasteiger partial charge in [0.05, 0.1) is 25.4 Å². The molecule has 3 N–H and O–H groups in total. The number of allylic oxidation sites excluding steroid dienone is 2. The van der Waals surface area contributed by atoms with Gasteiger partial charge in [-0.25, -0.2) is 0 Å². The molecule has 1 aliphatic heterocycles. The summed E-state index contributed by atoms with van der Waals surface area (Å²) < 4.78 is 12.0. The number of ether oxygens (including phenoxy) is 2. The van der Waals surface area contributed by atoms with Crippen molar-refractivity contribution in [3.8, 4) is 0 Å². The summed E-state index contributed by atoms with van der Waals surface area (Å²) >= 11 is 0. The van der Waals surface area contributed by atoms with Crippen molar-refractivity contribution in [1.29, 1.82) is 0 Å². The Morgan fingerprint density at radius 3 is 2.37 bits per heavy atom. The Balaban J connectivity index is 1.82. The average molecular weight is 427 g/mol. The molecule has 174 valence electrons. The van der Waals surface area contributed by atoms with Crippen LogP contribution in [0, 0.1) is 11.8 Å². The van der Waals surface area contributed by atoms with Crippen molar-refractivity contribution in [3.05, 3.63) is 12.2 Å². The maximum Gasteiger partial charge on any atom is 0.303 e. The summed E-state index contributed by atoms with van der Waals surface area (Å²) in [6, 6.07) is 0. The second-order valence-corrected chi connectivity index (χ2v) is 9.00. The average Bonchev–Trinajstić information content (AvgIpc) is 3.27. The van der Waals surface area contributed by atoms with Gasteiger partial charge in [-0.1, -0.05) is 44.8 Å². The van der Waals surface area contributed by atoms with E-state index >= 15 is 0 Å². The Morgan fingerprint density at radius 1 is 0.967 bits per heavy atom. The minimum atomic E-state index is -0.770. The minimum Gasteiger partial charge on any atom is -0.481 e. The molecule has 0 aromatic carbocycles. The second kappa shape index (κ2) is 13.5. The molecule has 0 spiro atoms. The van der Waals surface area contributed by atoms with E-state index in [1.165, 1.54) is 25.7 Å². The third kappa shape index (κ3) is 8.29. The van der Waals surface area contributed by atoms with E-state index in [-0.39, 0.29) is 18.3 Å². The highest BCUT2D eigenvalue weighted by atomic mass is 16.7. The molecule has 2 aliphatic rings. The molecule has 1 heterocycles. The first-order valence-corrected chi connectivity index (χ1v) is 12.0. The molecule has 30 heavy (non-hydrogen) atoms. The van der Waals surface area contributed by atoms with Crippen LogP contribution in [0.5, 0.6) is 0 Å². The lowest BCUT2D eigenvalue weighted by Gasteiger charge is -2.31. The molecule has 0 aromatic heterocycles. The van der Waals surface area contributed by atoms with Gasteiger partial charge in [-0.2, -0.15) is 0 Å². The number of aliphatic hydroxyl groups is 2. The smallest absolute Gasteiger partial charge is 0.303 e. The summed E-state index contributed by atoms with van der Waals surface area (Å²) in [6.45, 7) is 3.48. The Hall–Kier alpha value is -0.950. The fourth-order valence-electron chi connectivity index (χ4n) is 4.94. The summed E-state index contributed by atoms with van der Waals surface area (Å²) in [5.74, 6) is -1.22. The molecule has 4 atom stereocenters. The van der Waals surface area contributed by atoms with Crippen molar-refractivity contribution in [1.82, 2.24) is 0 Å². The Labute approximate surface area is 181 Å². The van der Waals surface area contributed by atoms with Crippen LogP contribution in [0.15, 0.2) is 12.2 Å². The Bertz CT molecular complexity index is 514. The summed E-state index contributed by atoms with van der Waals surface area (Å²) in [4.78, 5) is 10.6. The van der Waals surface area contributed by atoms with Gasteiger partial charge in [0.15, 0.2) is 5.79 Å². The van der Waals surface area contributed by atoms with E-state index in [1.54, 1.807) is 0 Å². The SMILES string of the molecule is CCCCCCCC1(CCC2C(O)CC(O)C2CC=CCCCC(=O)O)OCCO1. The van der Waals surface area contributed by atoms with Gasteiger partial charge in [0.1, 0.15) is 0 Å². The predicted molar refractivity (Wildman–Crippen MR) is 116 cm³/mol. The predicted octanol–water partition coefficient (Wildman–Crippen LogP) is 4.43. The van der Waals surface area contributed by atoms with Crippen LogP contribution in [0.25, 0.3) is 0 Å². The highest BCUT2D eigenvalue weighted by Gasteiger charge is 2.43. The number of hydrogen-bond donors (Lipinski definition) is 3. The van der Waals surface area contributed by atoms with Crippen LogP contribution in [0.2, 0.25) is 0 Å². The van der Waals surface area contributed by atoms with E-state index in [9.17, 15) is 15.0 Å². The number of unbranched alkanes of at least 4 members (excludes halogenated alkanes) is 5. The standard InChI is InChI=1S/C24H42O6/c1-2-3-4-7-10-14-24(29-16-17-30-24)15-13-20-19(21(25)18-22(20)26)11-8-5-6-9-12-23(27)28/h5,8,19-22,25-26H,2-4,6-7,9-18H2,1H3,(H,27,28). The number of carboxylic acid groups (broad SMARTS) is 1. The van der Waals surface area contributed by atoms with Crippen molar-refractivity contribution in [2.45, 2.75) is 108 Å². The zero-order valence-corrected chi connectivity index (χ0v) is 18.6. The van der Waals surface area contributed by atoms with Crippen LogP contribution < -0.4 is 0 Å². The van der Waals surface area contributed by atoms with Gasteiger partial charge in [-0.3, -0.25) is 4.79 Å². The van der Waals surface area contributed by atoms with Crippen molar-refractivity contribution in [3.63, 3.8) is 0 Å². The molecule has 1 saturated carbocycles. The summed E-state index contributed by atoms with van der Waals surface area (Å²) in [7, 11) is 0. The summed E-state index contributed by atoms with van der Waals surface area (Å²) in [6.07, 6.45) is 14.2. The van der Waals surface area contributed by atoms with E-state index in [0.29, 0.717) is 32.5 Å². The first-order valence-electron chi connectivity index (χ1n) is 12.0. The van der Waals surface area contributed by atoms with E-state index in [4.69, 9.17) is 14.6 Å². The summed E-state index contributed by atoms with van der Waals surface area (Å²) in [5, 5.41) is 29.7. The minimum absolute atomic E-state index is 0.0266. The molecular formula is C24H42O6. The number of hydrogen-bond acceptors (Lipinski definition) is 5. The van der Waals surface area contributed by atoms with Crippen molar-refractivity contribution in [2.75, 3.05) is 13.2 Å². The normalized spacial score (nSPS) is 28.5. The van der Waals surface area contributed by atoms with Crippen LogP contribution in [0.3, 0.4) is 0 Å². The van der Waals surface area contributed by atoms with Gasteiger partial charge in [-0.05, 0) is 50.4 Å². The lowest BCUT2D eigenvalue weighted by Crippen LogP contribution is -2.33. The van der Waals surface area contributed by atoms with Crippen LogP contribution in [-0.4, -0.2) is 52.5 Å². The topological polar surface area (TPSA) is 96.2 Å². The maximum absolute atomic E-state index is 10.6. The zero-order valence-electron chi connectivity index (χ0n) is 18.6. The number of carbonyl (C=O) groups is 1. The fraction of sp³-hybridized carbons (Fsp3) is 0.875. The molecule has 0 aromatic rings. The highest BCUT2D eigenvalue weighted by molar-refractivity contribution is 5.66. The quantitative estimate of drug-likeness (QED) is 0.265. The molecule has 0 radical (unpaired) electrons. The number of aliphatic carboxylic acids is 1. The zero-order chi connectivity index (χ0) is 21.8. The lowest BCUT2D eigenvalue weighted by atomic mass is 9.85. The van der Waals surface area contributed by atoms with E-state index in [1.807, 2.05) is 12.2 Å². The van der Waals surface area contributed by atoms with Gasteiger partial charge < -0.3 is 24.8 Å². The Kier molecular flexibility index (Phi) is 11.4. The highest BCUT2D eigenvalue weighted by Crippen LogP contribution is 2.41. The van der Waals surface area contributed by atoms with Gasteiger partial charge in [-0.15, -0.1) is 0 Å².